The van der Waals surface area contributed by atoms with Gasteiger partial charge in [0.05, 0.1) is 12.2 Å². The summed E-state index contributed by atoms with van der Waals surface area (Å²) in [6, 6.07) is 7.87. The molecule has 2 heterocycles. The second-order valence-corrected chi connectivity index (χ2v) is 8.56. The van der Waals surface area contributed by atoms with Gasteiger partial charge in [-0.1, -0.05) is 17.7 Å². The monoisotopic (exact) mass is 416 g/mol. The van der Waals surface area contributed by atoms with Crippen LogP contribution < -0.4 is 4.74 Å². The number of aryl methyl sites for hydroxylation is 2. The van der Waals surface area contributed by atoms with Gasteiger partial charge in [-0.15, -0.1) is 11.3 Å². The summed E-state index contributed by atoms with van der Waals surface area (Å²) in [7, 11) is 3.52. The van der Waals surface area contributed by atoms with Crippen molar-refractivity contribution in [3.63, 3.8) is 0 Å². The van der Waals surface area contributed by atoms with Crippen molar-refractivity contribution in [2.75, 3.05) is 46.8 Å². The molecule has 1 aliphatic rings. The largest absolute Gasteiger partial charge is 0.486 e. The van der Waals surface area contributed by atoms with Gasteiger partial charge in [0.1, 0.15) is 22.2 Å². The molecule has 0 bridgehead atoms. The molecule has 1 saturated heterocycles. The van der Waals surface area contributed by atoms with Gasteiger partial charge in [-0.2, -0.15) is 0 Å². The van der Waals surface area contributed by atoms with Gasteiger partial charge in [-0.3, -0.25) is 14.5 Å². The molecule has 1 aliphatic heterocycles. The predicted molar refractivity (Wildman–Crippen MR) is 113 cm³/mol. The molecule has 156 valence electrons. The summed E-state index contributed by atoms with van der Waals surface area (Å²) in [6.07, 6.45) is 0. The number of piperazine rings is 1. The van der Waals surface area contributed by atoms with E-state index in [4.69, 9.17) is 4.74 Å². The first-order valence-corrected chi connectivity index (χ1v) is 10.5. The normalized spacial score (nSPS) is 14.7. The molecule has 0 unspecified atom stereocenters. The summed E-state index contributed by atoms with van der Waals surface area (Å²) < 4.78 is 5.79. The molecule has 3 rings (SSSR count). The average molecular weight is 417 g/mol. The van der Waals surface area contributed by atoms with E-state index in [2.05, 4.69) is 9.88 Å². The number of benzene rings is 1. The lowest BCUT2D eigenvalue weighted by Crippen LogP contribution is -2.51. The maximum atomic E-state index is 12.9. The fraction of sp³-hybridized carbons (Fsp3) is 0.476. The summed E-state index contributed by atoms with van der Waals surface area (Å²) in [6.45, 7) is 7.28. The van der Waals surface area contributed by atoms with Gasteiger partial charge >= 0.3 is 0 Å². The van der Waals surface area contributed by atoms with E-state index in [1.165, 1.54) is 16.9 Å². The lowest BCUT2D eigenvalue weighted by Gasteiger charge is -2.34. The van der Waals surface area contributed by atoms with Gasteiger partial charge in [0.2, 0.25) is 5.91 Å². The van der Waals surface area contributed by atoms with Gasteiger partial charge in [0, 0.05) is 40.3 Å². The van der Waals surface area contributed by atoms with E-state index in [1.807, 2.05) is 43.0 Å². The number of carbonyl (C=O) groups is 2. The van der Waals surface area contributed by atoms with E-state index >= 15 is 0 Å². The highest BCUT2D eigenvalue weighted by molar-refractivity contribution is 7.13. The maximum Gasteiger partial charge on any atom is 0.265 e. The quantitative estimate of drug-likeness (QED) is 0.722. The highest BCUT2D eigenvalue weighted by Crippen LogP contribution is 2.22. The number of carbonyl (C=O) groups excluding carboxylic acids is 2. The number of likely N-dealkylation sites (N-methyl/N-ethyl adjacent to an activating group) is 1. The highest BCUT2D eigenvalue weighted by atomic mass is 32.1. The van der Waals surface area contributed by atoms with Crippen molar-refractivity contribution in [2.45, 2.75) is 20.5 Å². The molecule has 0 atom stereocenters. The number of rotatable bonds is 6. The molecule has 2 aromatic rings. The Labute approximate surface area is 175 Å². The van der Waals surface area contributed by atoms with Crippen molar-refractivity contribution < 1.29 is 14.3 Å². The SMILES string of the molecule is Cc1ccc(OCc2nc(C)c(C(=O)N3CCN(CC(=O)N(C)C)CC3)s2)cc1. The zero-order valence-electron chi connectivity index (χ0n) is 17.5. The summed E-state index contributed by atoms with van der Waals surface area (Å²) in [5, 5.41) is 0.793. The molecular weight excluding hydrogens is 388 g/mol. The van der Waals surface area contributed by atoms with Crippen LogP contribution in [0.1, 0.15) is 25.9 Å². The summed E-state index contributed by atoms with van der Waals surface area (Å²) in [5.74, 6) is 0.890. The third-order valence-electron chi connectivity index (χ3n) is 4.94. The Morgan fingerprint density at radius 3 is 2.38 bits per heavy atom. The van der Waals surface area contributed by atoms with Crippen molar-refractivity contribution >= 4 is 23.2 Å². The van der Waals surface area contributed by atoms with Crippen LogP contribution in [0.25, 0.3) is 0 Å². The average Bonchev–Trinajstić information content (AvgIpc) is 3.08. The Balaban J connectivity index is 1.55. The smallest absolute Gasteiger partial charge is 0.265 e. The second-order valence-electron chi connectivity index (χ2n) is 7.48. The first-order chi connectivity index (χ1) is 13.8. The lowest BCUT2D eigenvalue weighted by atomic mass is 10.2. The number of thiazole rings is 1. The number of nitrogens with zero attached hydrogens (tertiary/aromatic N) is 4. The van der Waals surface area contributed by atoms with Crippen LogP contribution in [0, 0.1) is 13.8 Å². The Bertz CT molecular complexity index is 855. The minimum Gasteiger partial charge on any atom is -0.486 e. The Morgan fingerprint density at radius 2 is 1.76 bits per heavy atom. The summed E-state index contributed by atoms with van der Waals surface area (Å²) in [4.78, 5) is 35.5. The van der Waals surface area contributed by atoms with E-state index in [9.17, 15) is 9.59 Å². The first-order valence-electron chi connectivity index (χ1n) is 9.71. The van der Waals surface area contributed by atoms with Crippen LogP contribution in [0.3, 0.4) is 0 Å². The molecule has 0 spiro atoms. The predicted octanol–water partition coefficient (Wildman–Crippen LogP) is 2.18. The van der Waals surface area contributed by atoms with Gasteiger partial charge in [-0.05, 0) is 26.0 Å². The summed E-state index contributed by atoms with van der Waals surface area (Å²) in [5.41, 5.74) is 1.93. The van der Waals surface area contributed by atoms with Crippen LogP contribution in [0.4, 0.5) is 0 Å². The van der Waals surface area contributed by atoms with Crippen molar-refractivity contribution in [3.8, 4) is 5.75 Å². The Kier molecular flexibility index (Phi) is 6.87. The van der Waals surface area contributed by atoms with E-state index in [1.54, 1.807) is 19.0 Å². The van der Waals surface area contributed by atoms with Gasteiger partial charge in [-0.25, -0.2) is 4.98 Å². The van der Waals surface area contributed by atoms with Gasteiger partial charge < -0.3 is 14.5 Å². The van der Waals surface area contributed by atoms with Crippen molar-refractivity contribution in [1.29, 1.82) is 0 Å². The molecule has 0 aliphatic carbocycles. The van der Waals surface area contributed by atoms with Crippen molar-refractivity contribution in [1.82, 2.24) is 19.7 Å². The van der Waals surface area contributed by atoms with Crippen LogP contribution in [0.15, 0.2) is 24.3 Å². The first kappa shape index (κ1) is 21.3. The third-order valence-corrected chi connectivity index (χ3v) is 6.05. The minimum atomic E-state index is 0.0140. The standard InChI is InChI=1S/C21H28N4O3S/c1-15-5-7-17(8-6-15)28-14-18-22-16(2)20(29-18)21(27)25-11-9-24(10-12-25)13-19(26)23(3)4/h5-8H,9-14H2,1-4H3. The minimum absolute atomic E-state index is 0.0140. The van der Waals surface area contributed by atoms with Crippen molar-refractivity contribution in [3.05, 3.63) is 45.4 Å². The zero-order chi connectivity index (χ0) is 21.0. The number of hydrogen-bond acceptors (Lipinski definition) is 6. The molecule has 7 nitrogen and oxygen atoms in total. The van der Waals surface area contributed by atoms with Crippen LogP contribution in [0.5, 0.6) is 5.75 Å². The van der Waals surface area contributed by atoms with E-state index < -0.39 is 0 Å². The Morgan fingerprint density at radius 1 is 1.10 bits per heavy atom. The van der Waals surface area contributed by atoms with Crippen LogP contribution in [-0.2, 0) is 11.4 Å². The Hall–Kier alpha value is -2.45. The van der Waals surface area contributed by atoms with Crippen molar-refractivity contribution in [2.24, 2.45) is 0 Å². The fourth-order valence-electron chi connectivity index (χ4n) is 3.08. The lowest BCUT2D eigenvalue weighted by molar-refractivity contribution is -0.130. The van der Waals surface area contributed by atoms with E-state index in [-0.39, 0.29) is 11.8 Å². The third kappa shape index (κ3) is 5.55. The molecular formula is C21H28N4O3S. The summed E-state index contributed by atoms with van der Waals surface area (Å²) >= 11 is 1.40. The molecule has 29 heavy (non-hydrogen) atoms. The molecule has 2 amide bonds. The van der Waals surface area contributed by atoms with Gasteiger partial charge in [0.25, 0.3) is 5.91 Å². The molecule has 1 aromatic carbocycles. The zero-order valence-corrected chi connectivity index (χ0v) is 18.3. The van der Waals surface area contributed by atoms with Gasteiger partial charge in [0.15, 0.2) is 0 Å². The molecule has 1 fully saturated rings. The maximum absolute atomic E-state index is 12.9. The van der Waals surface area contributed by atoms with Crippen LogP contribution in [0.2, 0.25) is 0 Å². The topological polar surface area (TPSA) is 66.0 Å². The molecule has 8 heteroatoms. The van der Waals surface area contributed by atoms with Crippen LogP contribution >= 0.6 is 11.3 Å². The molecule has 1 aromatic heterocycles. The molecule has 0 radical (unpaired) electrons. The second kappa shape index (κ2) is 9.37. The molecule has 0 saturated carbocycles. The number of ether oxygens (including phenoxy) is 1. The number of aromatic nitrogens is 1. The van der Waals surface area contributed by atoms with Crippen LogP contribution in [-0.4, -0.2) is 78.3 Å². The fourth-order valence-corrected chi connectivity index (χ4v) is 4.02. The molecule has 0 N–H and O–H groups in total. The highest BCUT2D eigenvalue weighted by Gasteiger charge is 2.26. The number of amides is 2. The van der Waals surface area contributed by atoms with E-state index in [0.717, 1.165) is 16.5 Å². The number of hydrogen-bond donors (Lipinski definition) is 0. The van der Waals surface area contributed by atoms with E-state index in [0.29, 0.717) is 44.2 Å².